The van der Waals surface area contributed by atoms with Gasteiger partial charge in [0, 0.05) is 15.6 Å². The number of ether oxygens (including phenoxy) is 1. The Kier molecular flexibility index (Phi) is 4.69. The van der Waals surface area contributed by atoms with E-state index in [4.69, 9.17) is 27.9 Å². The molecule has 17 heavy (non-hydrogen) atoms. The molecule has 1 saturated carbocycles. The fourth-order valence-electron chi connectivity index (χ4n) is 2.08. The standard InChI is InChI=1S/C13H16Cl2O2/c14-12-2-1-3-13(15)11(12)8-17-10-6-4-9(16)5-7-10/h1-3,9-10,16H,4-8H2. The zero-order chi connectivity index (χ0) is 12.3. The minimum Gasteiger partial charge on any atom is -0.393 e. The maximum absolute atomic E-state index is 9.40. The van der Waals surface area contributed by atoms with E-state index in [0.717, 1.165) is 31.2 Å². The van der Waals surface area contributed by atoms with Gasteiger partial charge in [0.15, 0.2) is 0 Å². The lowest BCUT2D eigenvalue weighted by atomic mass is 9.95. The third kappa shape index (κ3) is 3.59. The molecule has 0 amide bonds. The summed E-state index contributed by atoms with van der Waals surface area (Å²) in [7, 11) is 0. The molecular weight excluding hydrogens is 259 g/mol. The minimum absolute atomic E-state index is 0.154. The van der Waals surface area contributed by atoms with E-state index in [2.05, 4.69) is 0 Å². The van der Waals surface area contributed by atoms with Crippen molar-refractivity contribution in [1.82, 2.24) is 0 Å². The molecule has 94 valence electrons. The van der Waals surface area contributed by atoms with E-state index in [-0.39, 0.29) is 12.2 Å². The van der Waals surface area contributed by atoms with Crippen LogP contribution in [0.3, 0.4) is 0 Å². The smallest absolute Gasteiger partial charge is 0.0749 e. The van der Waals surface area contributed by atoms with Crippen molar-refractivity contribution in [3.63, 3.8) is 0 Å². The van der Waals surface area contributed by atoms with Crippen molar-refractivity contribution in [2.75, 3.05) is 0 Å². The molecule has 4 heteroatoms. The quantitative estimate of drug-likeness (QED) is 0.908. The van der Waals surface area contributed by atoms with E-state index in [0.29, 0.717) is 16.7 Å². The summed E-state index contributed by atoms with van der Waals surface area (Å²) in [5, 5.41) is 10.7. The van der Waals surface area contributed by atoms with E-state index in [1.165, 1.54) is 0 Å². The molecule has 2 nitrogen and oxygen atoms in total. The second-order valence-electron chi connectivity index (χ2n) is 4.44. The van der Waals surface area contributed by atoms with Crippen LogP contribution in [-0.4, -0.2) is 17.3 Å². The number of rotatable bonds is 3. The van der Waals surface area contributed by atoms with Crippen LogP contribution in [0.5, 0.6) is 0 Å². The molecule has 0 unspecified atom stereocenters. The molecule has 0 bridgehead atoms. The Labute approximate surface area is 111 Å². The lowest BCUT2D eigenvalue weighted by Crippen LogP contribution is -2.24. The lowest BCUT2D eigenvalue weighted by molar-refractivity contribution is -0.0118. The fourth-order valence-corrected chi connectivity index (χ4v) is 2.59. The van der Waals surface area contributed by atoms with Crippen LogP contribution in [0.25, 0.3) is 0 Å². The molecule has 1 aliphatic carbocycles. The van der Waals surface area contributed by atoms with Gasteiger partial charge < -0.3 is 9.84 Å². The Morgan fingerprint density at radius 2 is 1.71 bits per heavy atom. The zero-order valence-electron chi connectivity index (χ0n) is 9.53. The first-order chi connectivity index (χ1) is 8.16. The normalized spacial score (nSPS) is 24.9. The fraction of sp³-hybridized carbons (Fsp3) is 0.538. The molecule has 1 N–H and O–H groups in total. The second kappa shape index (κ2) is 6.05. The summed E-state index contributed by atoms with van der Waals surface area (Å²) in [6.45, 7) is 0.444. The van der Waals surface area contributed by atoms with Gasteiger partial charge in [0.1, 0.15) is 0 Å². The van der Waals surface area contributed by atoms with Crippen LogP contribution in [0.4, 0.5) is 0 Å². The predicted molar refractivity (Wildman–Crippen MR) is 69.5 cm³/mol. The van der Waals surface area contributed by atoms with E-state index in [1.54, 1.807) is 0 Å². The van der Waals surface area contributed by atoms with Crippen LogP contribution in [0.15, 0.2) is 18.2 Å². The molecule has 2 rings (SSSR count). The molecular formula is C13H16Cl2O2. The van der Waals surface area contributed by atoms with Crippen molar-refractivity contribution in [3.05, 3.63) is 33.8 Å². The average molecular weight is 275 g/mol. The first-order valence-corrected chi connectivity index (χ1v) is 6.65. The lowest BCUT2D eigenvalue weighted by Gasteiger charge is -2.25. The SMILES string of the molecule is OC1CCC(OCc2c(Cl)cccc2Cl)CC1. The molecule has 0 aromatic heterocycles. The number of aliphatic hydroxyl groups is 1. The first kappa shape index (κ1) is 13.2. The summed E-state index contributed by atoms with van der Waals surface area (Å²) in [6.07, 6.45) is 3.51. The summed E-state index contributed by atoms with van der Waals surface area (Å²) < 4.78 is 5.80. The third-order valence-electron chi connectivity index (χ3n) is 3.17. The van der Waals surface area contributed by atoms with Crippen molar-refractivity contribution in [2.45, 2.75) is 44.5 Å². The van der Waals surface area contributed by atoms with Gasteiger partial charge in [-0.3, -0.25) is 0 Å². The van der Waals surface area contributed by atoms with Crippen LogP contribution in [0.2, 0.25) is 10.0 Å². The highest BCUT2D eigenvalue weighted by molar-refractivity contribution is 6.35. The molecule has 1 aromatic rings. The Bertz CT molecular complexity index is 353. The molecule has 1 aromatic carbocycles. The summed E-state index contributed by atoms with van der Waals surface area (Å²) >= 11 is 12.1. The molecule has 1 fully saturated rings. The Hall–Kier alpha value is -0.280. The van der Waals surface area contributed by atoms with Gasteiger partial charge in [-0.05, 0) is 37.8 Å². The van der Waals surface area contributed by atoms with Crippen molar-refractivity contribution in [1.29, 1.82) is 0 Å². The number of hydrogen-bond acceptors (Lipinski definition) is 2. The van der Waals surface area contributed by atoms with Crippen LogP contribution in [-0.2, 0) is 11.3 Å². The Morgan fingerprint density at radius 1 is 1.12 bits per heavy atom. The number of benzene rings is 1. The van der Waals surface area contributed by atoms with Crippen LogP contribution in [0, 0.1) is 0 Å². The number of hydrogen-bond donors (Lipinski definition) is 1. The van der Waals surface area contributed by atoms with Gasteiger partial charge in [-0.15, -0.1) is 0 Å². The number of halogens is 2. The molecule has 0 radical (unpaired) electrons. The van der Waals surface area contributed by atoms with E-state index in [9.17, 15) is 5.11 Å². The third-order valence-corrected chi connectivity index (χ3v) is 3.88. The van der Waals surface area contributed by atoms with E-state index >= 15 is 0 Å². The van der Waals surface area contributed by atoms with E-state index < -0.39 is 0 Å². The summed E-state index contributed by atoms with van der Waals surface area (Å²) in [5.74, 6) is 0. The monoisotopic (exact) mass is 274 g/mol. The first-order valence-electron chi connectivity index (χ1n) is 5.89. The minimum atomic E-state index is -0.154. The second-order valence-corrected chi connectivity index (χ2v) is 5.26. The van der Waals surface area contributed by atoms with Gasteiger partial charge >= 0.3 is 0 Å². The summed E-state index contributed by atoms with van der Waals surface area (Å²) in [5.41, 5.74) is 0.849. The highest BCUT2D eigenvalue weighted by atomic mass is 35.5. The highest BCUT2D eigenvalue weighted by Gasteiger charge is 2.20. The van der Waals surface area contributed by atoms with Gasteiger partial charge in [-0.2, -0.15) is 0 Å². The van der Waals surface area contributed by atoms with Gasteiger partial charge in [0.25, 0.3) is 0 Å². The highest BCUT2D eigenvalue weighted by Crippen LogP contribution is 2.27. The van der Waals surface area contributed by atoms with E-state index in [1.807, 2.05) is 18.2 Å². The van der Waals surface area contributed by atoms with Crippen LogP contribution >= 0.6 is 23.2 Å². The van der Waals surface area contributed by atoms with Crippen molar-refractivity contribution >= 4 is 23.2 Å². The van der Waals surface area contributed by atoms with Crippen molar-refractivity contribution < 1.29 is 9.84 Å². The van der Waals surface area contributed by atoms with Crippen molar-refractivity contribution in [3.8, 4) is 0 Å². The topological polar surface area (TPSA) is 29.5 Å². The van der Waals surface area contributed by atoms with Gasteiger partial charge in [0.2, 0.25) is 0 Å². The molecule has 0 heterocycles. The Balaban J connectivity index is 1.89. The maximum Gasteiger partial charge on any atom is 0.0749 e. The van der Waals surface area contributed by atoms with Crippen LogP contribution in [0.1, 0.15) is 31.2 Å². The maximum atomic E-state index is 9.40. The average Bonchev–Trinajstić information content (AvgIpc) is 2.31. The molecule has 0 aliphatic heterocycles. The summed E-state index contributed by atoms with van der Waals surface area (Å²) in [4.78, 5) is 0. The molecule has 1 aliphatic rings. The van der Waals surface area contributed by atoms with Crippen molar-refractivity contribution in [2.24, 2.45) is 0 Å². The zero-order valence-corrected chi connectivity index (χ0v) is 11.0. The van der Waals surface area contributed by atoms with Gasteiger partial charge in [-0.1, -0.05) is 29.3 Å². The summed E-state index contributed by atoms with van der Waals surface area (Å²) in [6, 6.07) is 5.46. The molecule has 0 atom stereocenters. The Morgan fingerprint density at radius 3 is 2.29 bits per heavy atom. The van der Waals surface area contributed by atoms with Crippen LogP contribution < -0.4 is 0 Å². The van der Waals surface area contributed by atoms with Gasteiger partial charge in [0.05, 0.1) is 18.8 Å². The largest absolute Gasteiger partial charge is 0.393 e. The number of aliphatic hydroxyl groups excluding tert-OH is 1. The molecule has 0 saturated heterocycles. The van der Waals surface area contributed by atoms with Gasteiger partial charge in [-0.25, -0.2) is 0 Å². The molecule has 0 spiro atoms. The predicted octanol–water partition coefficient (Wildman–Crippen LogP) is 3.81.